The number of carbonyl (C=O) groups excluding carboxylic acids is 1. The van der Waals surface area contributed by atoms with E-state index in [1.165, 1.54) is 18.2 Å². The van der Waals surface area contributed by atoms with Crippen LogP contribution in [0.3, 0.4) is 0 Å². The van der Waals surface area contributed by atoms with E-state index in [0.29, 0.717) is 5.69 Å². The second-order valence-corrected chi connectivity index (χ2v) is 3.96. The highest BCUT2D eigenvalue weighted by molar-refractivity contribution is 6.54. The molecule has 0 fully saturated rings. The Hall–Kier alpha value is -0.640. The molecule has 14 heavy (non-hydrogen) atoms. The molecule has 1 rings (SSSR count). The number of alkyl halides is 2. The largest absolute Gasteiger partial charge is 0.506 e. The second-order valence-electron chi connectivity index (χ2n) is 2.46. The molecule has 0 aliphatic rings. The van der Waals surface area contributed by atoms with Crippen LogP contribution in [0.25, 0.3) is 0 Å². The van der Waals surface area contributed by atoms with Crippen molar-refractivity contribution < 1.29 is 9.90 Å². The molecule has 0 radical (unpaired) electrons. The Balaban J connectivity index is 2.78. The van der Waals surface area contributed by atoms with E-state index in [2.05, 4.69) is 5.32 Å². The number of benzene rings is 1. The second kappa shape index (κ2) is 4.73. The number of hydrogen-bond acceptors (Lipinski definition) is 2. The first-order valence-electron chi connectivity index (χ1n) is 3.58. The first kappa shape index (κ1) is 11.4. The third-order valence-electron chi connectivity index (χ3n) is 1.41. The van der Waals surface area contributed by atoms with E-state index >= 15 is 0 Å². The van der Waals surface area contributed by atoms with Crippen LogP contribution in [-0.4, -0.2) is 15.8 Å². The highest BCUT2D eigenvalue weighted by atomic mass is 35.5. The average Bonchev–Trinajstić information content (AvgIpc) is 2.11. The van der Waals surface area contributed by atoms with Gasteiger partial charge in [-0.15, -0.1) is 0 Å². The Kier molecular flexibility index (Phi) is 3.86. The summed E-state index contributed by atoms with van der Waals surface area (Å²) in [5.74, 6) is -0.604. The van der Waals surface area contributed by atoms with Crippen LogP contribution in [0.15, 0.2) is 18.2 Å². The van der Waals surface area contributed by atoms with Crippen molar-refractivity contribution >= 4 is 46.4 Å². The Morgan fingerprint density at radius 3 is 2.57 bits per heavy atom. The van der Waals surface area contributed by atoms with Crippen LogP contribution in [0.1, 0.15) is 0 Å². The van der Waals surface area contributed by atoms with Crippen molar-refractivity contribution in [2.75, 3.05) is 5.32 Å². The minimum Gasteiger partial charge on any atom is -0.506 e. The van der Waals surface area contributed by atoms with Gasteiger partial charge in [0.25, 0.3) is 5.91 Å². The Labute approximate surface area is 95.6 Å². The summed E-state index contributed by atoms with van der Waals surface area (Å²) in [6, 6.07) is 4.23. The summed E-state index contributed by atoms with van der Waals surface area (Å²) >= 11 is 16.2. The van der Waals surface area contributed by atoms with E-state index < -0.39 is 10.7 Å². The molecule has 76 valence electrons. The predicted molar refractivity (Wildman–Crippen MR) is 57.2 cm³/mol. The van der Waals surface area contributed by atoms with Crippen molar-refractivity contribution in [1.82, 2.24) is 0 Å². The molecular weight excluding hydrogens is 248 g/mol. The molecule has 3 nitrogen and oxygen atoms in total. The molecule has 0 heterocycles. The zero-order valence-electron chi connectivity index (χ0n) is 6.80. The minimum atomic E-state index is -1.14. The van der Waals surface area contributed by atoms with Gasteiger partial charge >= 0.3 is 0 Å². The fourth-order valence-corrected chi connectivity index (χ4v) is 1.07. The molecule has 6 heteroatoms. The maximum Gasteiger partial charge on any atom is 0.257 e. The summed E-state index contributed by atoms with van der Waals surface area (Å²) < 4.78 is 0. The van der Waals surface area contributed by atoms with Gasteiger partial charge in [0.05, 0.1) is 5.02 Å². The number of halogens is 3. The summed E-state index contributed by atoms with van der Waals surface area (Å²) in [6.07, 6.45) is 0. The van der Waals surface area contributed by atoms with E-state index in [-0.39, 0.29) is 10.8 Å². The first-order valence-corrected chi connectivity index (χ1v) is 4.83. The molecule has 0 bridgehead atoms. The van der Waals surface area contributed by atoms with Gasteiger partial charge in [-0.05, 0) is 18.2 Å². The van der Waals surface area contributed by atoms with Crippen LogP contribution < -0.4 is 5.32 Å². The number of nitrogens with one attached hydrogen (secondary N) is 1. The normalized spacial score (nSPS) is 10.3. The average molecular weight is 254 g/mol. The molecular formula is C8H6Cl3NO2. The Morgan fingerprint density at radius 2 is 2.07 bits per heavy atom. The fourth-order valence-electron chi connectivity index (χ4n) is 0.781. The minimum absolute atomic E-state index is 0.0574. The lowest BCUT2D eigenvalue weighted by atomic mass is 10.3. The molecule has 0 spiro atoms. The zero-order chi connectivity index (χ0) is 10.7. The van der Waals surface area contributed by atoms with Gasteiger partial charge in [-0.1, -0.05) is 34.8 Å². The smallest absolute Gasteiger partial charge is 0.257 e. The van der Waals surface area contributed by atoms with Crippen LogP contribution in [0.5, 0.6) is 5.75 Å². The number of anilines is 1. The lowest BCUT2D eigenvalue weighted by Crippen LogP contribution is -2.18. The third-order valence-corrected chi connectivity index (χ3v) is 2.11. The van der Waals surface area contributed by atoms with E-state index in [1.54, 1.807) is 0 Å². The van der Waals surface area contributed by atoms with Gasteiger partial charge in [0.2, 0.25) is 0 Å². The number of carbonyl (C=O) groups is 1. The molecule has 0 aromatic heterocycles. The van der Waals surface area contributed by atoms with Crippen LogP contribution >= 0.6 is 34.8 Å². The number of phenols is 1. The van der Waals surface area contributed by atoms with Gasteiger partial charge in [-0.3, -0.25) is 4.79 Å². The summed E-state index contributed by atoms with van der Waals surface area (Å²) in [4.78, 5) is 9.89. The van der Waals surface area contributed by atoms with Crippen molar-refractivity contribution in [2.45, 2.75) is 4.84 Å². The van der Waals surface area contributed by atoms with Gasteiger partial charge in [0.1, 0.15) is 5.75 Å². The highest BCUT2D eigenvalue weighted by Gasteiger charge is 2.11. The molecule has 2 N–H and O–H groups in total. The van der Waals surface area contributed by atoms with E-state index in [9.17, 15) is 4.79 Å². The summed E-state index contributed by atoms with van der Waals surface area (Å²) in [5, 5.41) is 11.6. The number of phenolic OH excluding ortho intramolecular Hbond substituents is 1. The van der Waals surface area contributed by atoms with Crippen molar-refractivity contribution in [1.29, 1.82) is 0 Å². The van der Waals surface area contributed by atoms with Crippen molar-refractivity contribution in [3.05, 3.63) is 23.2 Å². The first-order chi connectivity index (χ1) is 6.50. The third kappa shape index (κ3) is 2.94. The standard InChI is InChI=1S/C8H6Cl3NO2/c9-5-3-4(1-2-6(5)13)12-8(14)7(10)11/h1-3,7,13H,(H,12,14). The SMILES string of the molecule is O=C(Nc1ccc(O)c(Cl)c1)C(Cl)Cl. The van der Waals surface area contributed by atoms with Gasteiger partial charge in [-0.25, -0.2) is 0 Å². The molecule has 1 aromatic carbocycles. The topological polar surface area (TPSA) is 49.3 Å². The molecule has 0 aliphatic carbocycles. The molecule has 0 atom stereocenters. The predicted octanol–water partition coefficient (Wildman–Crippen LogP) is 2.79. The van der Waals surface area contributed by atoms with Crippen LogP contribution in [0.4, 0.5) is 5.69 Å². The lowest BCUT2D eigenvalue weighted by molar-refractivity contribution is -0.114. The molecule has 0 saturated heterocycles. The van der Waals surface area contributed by atoms with E-state index in [0.717, 1.165) is 0 Å². The Morgan fingerprint density at radius 1 is 1.43 bits per heavy atom. The van der Waals surface area contributed by atoms with Gasteiger partial charge in [-0.2, -0.15) is 0 Å². The van der Waals surface area contributed by atoms with Crippen LogP contribution in [-0.2, 0) is 4.79 Å². The number of hydrogen-bond donors (Lipinski definition) is 2. The highest BCUT2D eigenvalue weighted by Crippen LogP contribution is 2.26. The number of aromatic hydroxyl groups is 1. The molecule has 1 aromatic rings. The van der Waals surface area contributed by atoms with Crippen molar-refractivity contribution in [2.24, 2.45) is 0 Å². The summed E-state index contributed by atoms with van der Waals surface area (Å²) in [7, 11) is 0. The summed E-state index contributed by atoms with van der Waals surface area (Å²) in [6.45, 7) is 0. The number of amides is 1. The zero-order valence-corrected chi connectivity index (χ0v) is 9.07. The van der Waals surface area contributed by atoms with Crippen molar-refractivity contribution in [3.63, 3.8) is 0 Å². The lowest BCUT2D eigenvalue weighted by Gasteiger charge is -2.06. The maximum absolute atomic E-state index is 11.0. The van der Waals surface area contributed by atoms with Crippen molar-refractivity contribution in [3.8, 4) is 5.75 Å². The molecule has 0 unspecified atom stereocenters. The molecule has 0 aliphatic heterocycles. The summed E-state index contributed by atoms with van der Waals surface area (Å²) in [5.41, 5.74) is 0.420. The monoisotopic (exact) mass is 253 g/mol. The van der Waals surface area contributed by atoms with Crippen LogP contribution in [0, 0.1) is 0 Å². The Bertz CT molecular complexity index is 354. The van der Waals surface area contributed by atoms with Gasteiger partial charge < -0.3 is 10.4 Å². The van der Waals surface area contributed by atoms with Crippen LogP contribution in [0.2, 0.25) is 5.02 Å². The van der Waals surface area contributed by atoms with E-state index in [4.69, 9.17) is 39.9 Å². The molecule has 0 saturated carbocycles. The van der Waals surface area contributed by atoms with Gasteiger partial charge in [0.15, 0.2) is 4.84 Å². The molecule has 1 amide bonds. The van der Waals surface area contributed by atoms with E-state index in [1.807, 2.05) is 0 Å². The quantitative estimate of drug-likeness (QED) is 0.630. The number of rotatable bonds is 2. The maximum atomic E-state index is 11.0. The fraction of sp³-hybridized carbons (Fsp3) is 0.125. The van der Waals surface area contributed by atoms with Gasteiger partial charge in [0, 0.05) is 5.69 Å².